The summed E-state index contributed by atoms with van der Waals surface area (Å²) in [6, 6.07) is 2.21. The summed E-state index contributed by atoms with van der Waals surface area (Å²) in [5.74, 6) is -2.04. The summed E-state index contributed by atoms with van der Waals surface area (Å²) >= 11 is 0. The molecule has 0 saturated heterocycles. The number of hydrogen-bond acceptors (Lipinski definition) is 6. The van der Waals surface area contributed by atoms with Gasteiger partial charge in [0.2, 0.25) is 0 Å². The van der Waals surface area contributed by atoms with E-state index in [0.29, 0.717) is 0 Å². The molecule has 0 aliphatic rings. The van der Waals surface area contributed by atoms with Crippen LogP contribution in [0.4, 0.5) is 0 Å². The van der Waals surface area contributed by atoms with Gasteiger partial charge < -0.3 is 19.7 Å². The van der Waals surface area contributed by atoms with Gasteiger partial charge in [0.25, 0.3) is 0 Å². The second-order valence-corrected chi connectivity index (χ2v) is 3.47. The van der Waals surface area contributed by atoms with Crippen LogP contribution in [-0.2, 0) is 20.7 Å². The Bertz CT molecular complexity index is 466. The Morgan fingerprint density at radius 1 is 1.28 bits per heavy atom. The van der Waals surface area contributed by atoms with E-state index in [4.69, 9.17) is 4.74 Å². The molecule has 0 saturated carbocycles. The highest BCUT2D eigenvalue weighted by Gasteiger charge is 2.20. The highest BCUT2D eigenvalue weighted by Crippen LogP contribution is 2.28. The molecule has 1 rings (SSSR count). The Labute approximate surface area is 104 Å². The molecule has 0 spiro atoms. The normalized spacial score (nSPS) is 9.89. The third-order valence-corrected chi connectivity index (χ3v) is 2.21. The van der Waals surface area contributed by atoms with Gasteiger partial charge in [-0.1, -0.05) is 0 Å². The highest BCUT2D eigenvalue weighted by molar-refractivity contribution is 5.95. The molecule has 0 aliphatic carbocycles. The van der Waals surface area contributed by atoms with E-state index >= 15 is 0 Å². The topological polar surface area (TPSA) is 93.1 Å². The van der Waals surface area contributed by atoms with Crippen molar-refractivity contribution in [3.63, 3.8) is 0 Å². The van der Waals surface area contributed by atoms with Gasteiger partial charge in [0.1, 0.15) is 17.1 Å². The van der Waals surface area contributed by atoms with E-state index in [1.54, 1.807) is 6.92 Å². The molecule has 0 radical (unpaired) electrons. The van der Waals surface area contributed by atoms with Gasteiger partial charge in [-0.25, -0.2) is 4.79 Å². The van der Waals surface area contributed by atoms with Gasteiger partial charge in [-0.3, -0.25) is 4.79 Å². The SMILES string of the molecule is CCOC(=O)Cc1cc(O)cc(O)c1C(=O)OC. The highest BCUT2D eigenvalue weighted by atomic mass is 16.5. The van der Waals surface area contributed by atoms with Gasteiger partial charge in [-0.2, -0.15) is 0 Å². The van der Waals surface area contributed by atoms with Gasteiger partial charge in [0.15, 0.2) is 0 Å². The number of benzene rings is 1. The number of methoxy groups -OCH3 is 1. The smallest absolute Gasteiger partial charge is 0.341 e. The first-order chi connectivity index (χ1) is 8.49. The first-order valence-corrected chi connectivity index (χ1v) is 5.28. The molecule has 6 nitrogen and oxygen atoms in total. The van der Waals surface area contributed by atoms with Gasteiger partial charge in [-0.05, 0) is 18.6 Å². The van der Waals surface area contributed by atoms with Gasteiger partial charge in [0, 0.05) is 6.07 Å². The van der Waals surface area contributed by atoms with Gasteiger partial charge in [-0.15, -0.1) is 0 Å². The van der Waals surface area contributed by atoms with Crippen LogP contribution in [0.1, 0.15) is 22.8 Å². The number of aromatic hydroxyl groups is 2. The van der Waals surface area contributed by atoms with Gasteiger partial charge >= 0.3 is 11.9 Å². The van der Waals surface area contributed by atoms with E-state index in [-0.39, 0.29) is 29.9 Å². The predicted molar refractivity (Wildman–Crippen MR) is 61.4 cm³/mol. The molecular formula is C12H14O6. The number of hydrogen-bond donors (Lipinski definition) is 2. The van der Waals surface area contributed by atoms with Crippen LogP contribution in [0.15, 0.2) is 12.1 Å². The predicted octanol–water partition coefficient (Wildman–Crippen LogP) is 0.990. The van der Waals surface area contributed by atoms with Crippen molar-refractivity contribution in [3.05, 3.63) is 23.3 Å². The quantitative estimate of drug-likeness (QED) is 0.778. The van der Waals surface area contributed by atoms with Crippen molar-refractivity contribution < 1.29 is 29.3 Å². The van der Waals surface area contributed by atoms with Crippen LogP contribution in [0.3, 0.4) is 0 Å². The molecule has 0 fully saturated rings. The molecule has 6 heteroatoms. The molecule has 18 heavy (non-hydrogen) atoms. The fourth-order valence-electron chi connectivity index (χ4n) is 1.51. The van der Waals surface area contributed by atoms with Crippen molar-refractivity contribution in [2.75, 3.05) is 13.7 Å². The van der Waals surface area contributed by atoms with Crippen LogP contribution in [0.5, 0.6) is 11.5 Å². The Morgan fingerprint density at radius 2 is 1.94 bits per heavy atom. The zero-order chi connectivity index (χ0) is 13.7. The largest absolute Gasteiger partial charge is 0.508 e. The molecule has 1 aromatic carbocycles. The van der Waals surface area contributed by atoms with Crippen molar-refractivity contribution in [1.82, 2.24) is 0 Å². The summed E-state index contributed by atoms with van der Waals surface area (Å²) in [5.41, 5.74) is 0.00107. The first-order valence-electron chi connectivity index (χ1n) is 5.28. The van der Waals surface area contributed by atoms with Crippen molar-refractivity contribution >= 4 is 11.9 Å². The second-order valence-electron chi connectivity index (χ2n) is 3.47. The van der Waals surface area contributed by atoms with Crippen LogP contribution in [0.25, 0.3) is 0 Å². The second kappa shape index (κ2) is 5.90. The Hall–Kier alpha value is -2.24. The molecule has 2 N–H and O–H groups in total. The number of phenolic OH excluding ortho intramolecular Hbond substituents is 2. The minimum absolute atomic E-state index is 0.150. The molecule has 0 heterocycles. The van der Waals surface area contributed by atoms with E-state index in [1.807, 2.05) is 0 Å². The van der Waals surface area contributed by atoms with Gasteiger partial charge in [0.05, 0.1) is 20.1 Å². The van der Waals surface area contributed by atoms with E-state index in [2.05, 4.69) is 4.74 Å². The summed E-state index contributed by atoms with van der Waals surface area (Å²) in [6.07, 6.45) is -0.236. The number of carbonyl (C=O) groups excluding carboxylic acids is 2. The molecule has 0 aromatic heterocycles. The summed E-state index contributed by atoms with van der Waals surface area (Å²) < 4.78 is 9.25. The maximum absolute atomic E-state index is 11.5. The van der Waals surface area contributed by atoms with Crippen LogP contribution >= 0.6 is 0 Å². The molecule has 0 aliphatic heterocycles. The Kier molecular flexibility index (Phi) is 4.53. The van der Waals surface area contributed by atoms with Crippen molar-refractivity contribution in [1.29, 1.82) is 0 Å². The van der Waals surface area contributed by atoms with Crippen molar-refractivity contribution in [2.24, 2.45) is 0 Å². The summed E-state index contributed by atoms with van der Waals surface area (Å²) in [6.45, 7) is 1.86. The fraction of sp³-hybridized carbons (Fsp3) is 0.333. The van der Waals surface area contributed by atoms with Crippen LogP contribution in [0, 0.1) is 0 Å². The van der Waals surface area contributed by atoms with Crippen LogP contribution in [-0.4, -0.2) is 35.9 Å². The van der Waals surface area contributed by atoms with E-state index in [1.165, 1.54) is 6.07 Å². The van der Waals surface area contributed by atoms with Crippen LogP contribution < -0.4 is 0 Å². The third kappa shape index (κ3) is 3.13. The number of rotatable bonds is 4. The number of esters is 2. The lowest BCUT2D eigenvalue weighted by atomic mass is 10.0. The number of phenols is 2. The monoisotopic (exact) mass is 254 g/mol. The van der Waals surface area contributed by atoms with E-state index in [9.17, 15) is 19.8 Å². The average molecular weight is 254 g/mol. The summed E-state index contributed by atoms with van der Waals surface area (Å²) in [4.78, 5) is 22.9. The maximum atomic E-state index is 11.5. The molecule has 0 amide bonds. The lowest BCUT2D eigenvalue weighted by Crippen LogP contribution is -2.12. The Morgan fingerprint density at radius 3 is 2.50 bits per heavy atom. The minimum atomic E-state index is -0.785. The fourth-order valence-corrected chi connectivity index (χ4v) is 1.51. The lowest BCUT2D eigenvalue weighted by Gasteiger charge is -2.10. The maximum Gasteiger partial charge on any atom is 0.341 e. The zero-order valence-electron chi connectivity index (χ0n) is 10.1. The number of carbonyl (C=O) groups is 2. The first kappa shape index (κ1) is 13.8. The number of ether oxygens (including phenoxy) is 2. The van der Waals surface area contributed by atoms with E-state index in [0.717, 1.165) is 13.2 Å². The molecule has 0 atom stereocenters. The molecule has 0 unspecified atom stereocenters. The van der Waals surface area contributed by atoms with Crippen molar-refractivity contribution in [3.8, 4) is 11.5 Å². The summed E-state index contributed by atoms with van der Waals surface area (Å²) in [7, 11) is 1.16. The molecule has 98 valence electrons. The minimum Gasteiger partial charge on any atom is -0.508 e. The molecule has 0 bridgehead atoms. The standard InChI is InChI=1S/C12H14O6/c1-3-18-10(15)5-7-4-8(13)6-9(14)11(7)12(16)17-2/h4,6,13-14H,3,5H2,1-2H3. The summed E-state index contributed by atoms with van der Waals surface area (Å²) in [5, 5.41) is 19.0. The van der Waals surface area contributed by atoms with Crippen LogP contribution in [0.2, 0.25) is 0 Å². The van der Waals surface area contributed by atoms with E-state index < -0.39 is 17.7 Å². The molecule has 1 aromatic rings. The third-order valence-electron chi connectivity index (χ3n) is 2.21. The zero-order valence-corrected chi connectivity index (χ0v) is 10.1. The lowest BCUT2D eigenvalue weighted by molar-refractivity contribution is -0.142. The Balaban J connectivity index is 3.15. The average Bonchev–Trinajstić information content (AvgIpc) is 2.27. The van der Waals surface area contributed by atoms with Crippen molar-refractivity contribution in [2.45, 2.75) is 13.3 Å². The molecular weight excluding hydrogens is 240 g/mol.